The molecule has 0 aliphatic carbocycles. The van der Waals surface area contributed by atoms with E-state index in [2.05, 4.69) is 21.2 Å². The lowest BCUT2D eigenvalue weighted by Crippen LogP contribution is -2.32. The Morgan fingerprint density at radius 2 is 2.55 bits per heavy atom. The summed E-state index contributed by atoms with van der Waals surface area (Å²) in [5.41, 5.74) is 0. The van der Waals surface area contributed by atoms with Crippen molar-refractivity contribution in [3.63, 3.8) is 0 Å². The lowest BCUT2D eigenvalue weighted by atomic mass is 10.4. The van der Waals surface area contributed by atoms with Gasteiger partial charge in [-0.25, -0.2) is 4.98 Å². The Labute approximate surface area is 126 Å². The molecule has 0 saturated carbocycles. The van der Waals surface area contributed by atoms with E-state index in [1.807, 2.05) is 5.38 Å². The number of hydrogen-bond donors (Lipinski definition) is 1. The van der Waals surface area contributed by atoms with E-state index in [4.69, 9.17) is 6.42 Å². The largest absolute Gasteiger partial charge is 0.368 e. The lowest BCUT2D eigenvalue weighted by molar-refractivity contribution is -0.463. The molecule has 0 saturated heterocycles. The molecular weight excluding hydrogens is 296 g/mol. The van der Waals surface area contributed by atoms with Crippen LogP contribution in [0.4, 0.5) is 0 Å². The van der Waals surface area contributed by atoms with Crippen LogP contribution in [0.15, 0.2) is 16.6 Å². The number of aliphatic imine (C=N–C) groups is 1. The van der Waals surface area contributed by atoms with E-state index in [0.29, 0.717) is 25.3 Å². The highest BCUT2D eigenvalue weighted by Gasteiger charge is 2.06. The highest BCUT2D eigenvalue weighted by atomic mass is 32.2. The van der Waals surface area contributed by atoms with Crippen LogP contribution in [0.5, 0.6) is 0 Å². The second-order valence-corrected chi connectivity index (χ2v) is 5.76. The zero-order chi connectivity index (χ0) is 14.6. The van der Waals surface area contributed by atoms with E-state index >= 15 is 0 Å². The first kappa shape index (κ1) is 16.5. The molecular formula is C12H16N4O2S2. The molecule has 0 aliphatic rings. The zero-order valence-corrected chi connectivity index (χ0v) is 12.6. The van der Waals surface area contributed by atoms with Crippen molar-refractivity contribution in [2.45, 2.75) is 12.2 Å². The van der Waals surface area contributed by atoms with Crippen LogP contribution in [0, 0.1) is 22.5 Å². The summed E-state index contributed by atoms with van der Waals surface area (Å²) in [6, 6.07) is 0. The molecule has 0 unspecified atom stereocenters. The van der Waals surface area contributed by atoms with E-state index in [0.717, 1.165) is 16.5 Å². The fourth-order valence-corrected chi connectivity index (χ4v) is 2.85. The van der Waals surface area contributed by atoms with Crippen LogP contribution in [0.25, 0.3) is 0 Å². The fourth-order valence-electron chi connectivity index (χ4n) is 1.29. The van der Waals surface area contributed by atoms with Crippen molar-refractivity contribution in [3.8, 4) is 12.3 Å². The van der Waals surface area contributed by atoms with Crippen molar-refractivity contribution in [1.82, 2.24) is 10.3 Å². The minimum absolute atomic E-state index is 0.290. The number of terminal acetylenes is 1. The monoisotopic (exact) mass is 312 g/mol. The second-order valence-electron chi connectivity index (χ2n) is 3.68. The van der Waals surface area contributed by atoms with E-state index < -0.39 is 4.92 Å². The van der Waals surface area contributed by atoms with Crippen molar-refractivity contribution in [2.24, 2.45) is 4.99 Å². The summed E-state index contributed by atoms with van der Waals surface area (Å²) in [7, 11) is 0. The number of thiazole rings is 1. The molecule has 1 N–H and O–H groups in total. The predicted molar refractivity (Wildman–Crippen MR) is 83.9 cm³/mol. The summed E-state index contributed by atoms with van der Waals surface area (Å²) in [4.78, 5) is 18.4. The molecule has 0 amide bonds. The summed E-state index contributed by atoms with van der Waals surface area (Å²) < 4.78 is 0. The van der Waals surface area contributed by atoms with Gasteiger partial charge in [0.25, 0.3) is 6.54 Å². The summed E-state index contributed by atoms with van der Waals surface area (Å²) >= 11 is 3.35. The van der Waals surface area contributed by atoms with Gasteiger partial charge in [0.2, 0.25) is 0 Å². The van der Waals surface area contributed by atoms with Gasteiger partial charge in [-0.3, -0.25) is 15.1 Å². The van der Waals surface area contributed by atoms with Crippen molar-refractivity contribution in [1.29, 1.82) is 0 Å². The number of nitrogens with one attached hydrogen (secondary N) is 1. The molecule has 6 nitrogen and oxygen atoms in total. The Morgan fingerprint density at radius 1 is 1.70 bits per heavy atom. The van der Waals surface area contributed by atoms with Gasteiger partial charge in [0.05, 0.1) is 6.54 Å². The van der Waals surface area contributed by atoms with E-state index in [1.165, 1.54) is 0 Å². The van der Waals surface area contributed by atoms with Crippen molar-refractivity contribution in [3.05, 3.63) is 26.7 Å². The summed E-state index contributed by atoms with van der Waals surface area (Å²) in [6.45, 7) is 0.763. The Hall–Kier alpha value is -1.59. The molecule has 0 atom stereocenters. The van der Waals surface area contributed by atoms with Gasteiger partial charge in [-0.1, -0.05) is 0 Å². The molecule has 0 radical (unpaired) electrons. The predicted octanol–water partition coefficient (Wildman–Crippen LogP) is 1.66. The molecule has 0 bridgehead atoms. The normalized spacial score (nSPS) is 11.1. The van der Waals surface area contributed by atoms with Crippen LogP contribution < -0.4 is 5.32 Å². The van der Waals surface area contributed by atoms with Gasteiger partial charge >= 0.3 is 0 Å². The standard InChI is InChI=1S/C12H16N4O2S2/c1-2-3-4-13-11(9-16(17)18)14-5-7-19-10-12-15-6-8-20-12/h1,6,8H,3-5,7,9-10H2,(H,13,14). The van der Waals surface area contributed by atoms with Crippen LogP contribution in [0.3, 0.4) is 0 Å². The fraction of sp³-hybridized carbons (Fsp3) is 0.500. The average Bonchev–Trinajstić information content (AvgIpc) is 2.91. The molecule has 1 aromatic heterocycles. The summed E-state index contributed by atoms with van der Waals surface area (Å²) in [6.07, 6.45) is 7.39. The van der Waals surface area contributed by atoms with Gasteiger partial charge < -0.3 is 5.32 Å². The Balaban J connectivity index is 2.22. The minimum atomic E-state index is -0.398. The minimum Gasteiger partial charge on any atom is -0.368 e. The van der Waals surface area contributed by atoms with Crippen LogP contribution >= 0.6 is 23.1 Å². The van der Waals surface area contributed by atoms with E-state index in [-0.39, 0.29) is 6.54 Å². The molecule has 0 aromatic carbocycles. The first-order valence-electron chi connectivity index (χ1n) is 6.01. The third kappa shape index (κ3) is 7.76. The molecule has 1 rings (SSSR count). The summed E-state index contributed by atoms with van der Waals surface area (Å²) in [5, 5.41) is 16.5. The van der Waals surface area contributed by atoms with Gasteiger partial charge in [0, 0.05) is 41.0 Å². The molecule has 1 heterocycles. The zero-order valence-electron chi connectivity index (χ0n) is 10.9. The highest BCUT2D eigenvalue weighted by Crippen LogP contribution is 2.13. The maximum atomic E-state index is 10.5. The molecule has 0 spiro atoms. The maximum Gasteiger partial charge on any atom is 0.259 e. The van der Waals surface area contributed by atoms with Gasteiger partial charge in [-0.15, -0.1) is 23.7 Å². The first-order chi connectivity index (χ1) is 9.72. The molecule has 1 aromatic rings. The third-order valence-corrected chi connectivity index (χ3v) is 4.05. The summed E-state index contributed by atoms with van der Waals surface area (Å²) in [5.74, 6) is 4.54. The number of aromatic nitrogens is 1. The maximum absolute atomic E-state index is 10.5. The average molecular weight is 312 g/mol. The number of thioether (sulfide) groups is 1. The van der Waals surface area contributed by atoms with Gasteiger partial charge in [0.1, 0.15) is 5.01 Å². The topological polar surface area (TPSA) is 80.4 Å². The third-order valence-electron chi connectivity index (χ3n) is 2.12. The van der Waals surface area contributed by atoms with Crippen LogP contribution in [0.2, 0.25) is 0 Å². The van der Waals surface area contributed by atoms with Crippen LogP contribution in [-0.4, -0.2) is 41.1 Å². The number of rotatable bonds is 9. The molecule has 108 valence electrons. The van der Waals surface area contributed by atoms with Crippen molar-refractivity contribution < 1.29 is 4.92 Å². The van der Waals surface area contributed by atoms with Crippen LogP contribution in [-0.2, 0) is 5.75 Å². The van der Waals surface area contributed by atoms with E-state index in [1.54, 1.807) is 29.3 Å². The smallest absolute Gasteiger partial charge is 0.259 e. The number of hydrogen-bond acceptors (Lipinski definition) is 6. The SMILES string of the molecule is C#CCCN=C(C[N+](=O)[O-])NCCSCc1nccs1. The molecule has 20 heavy (non-hydrogen) atoms. The van der Waals surface area contributed by atoms with Crippen molar-refractivity contribution >= 4 is 28.9 Å². The number of nitro groups is 1. The lowest BCUT2D eigenvalue weighted by Gasteiger charge is -2.06. The quantitative estimate of drug-likeness (QED) is 0.187. The second kappa shape index (κ2) is 10.2. The molecule has 0 aliphatic heterocycles. The van der Waals surface area contributed by atoms with Gasteiger partial charge in [-0.2, -0.15) is 11.8 Å². The Kier molecular flexibility index (Phi) is 8.42. The van der Waals surface area contributed by atoms with Gasteiger partial charge in [-0.05, 0) is 0 Å². The van der Waals surface area contributed by atoms with Gasteiger partial charge in [0.15, 0.2) is 5.84 Å². The highest BCUT2D eigenvalue weighted by molar-refractivity contribution is 7.98. The molecule has 8 heteroatoms. The van der Waals surface area contributed by atoms with Crippen LogP contribution in [0.1, 0.15) is 11.4 Å². The first-order valence-corrected chi connectivity index (χ1v) is 8.04. The number of amidine groups is 1. The van der Waals surface area contributed by atoms with E-state index in [9.17, 15) is 10.1 Å². The number of nitrogens with zero attached hydrogens (tertiary/aromatic N) is 3. The molecule has 0 fully saturated rings. The van der Waals surface area contributed by atoms with Crippen molar-refractivity contribution in [2.75, 3.05) is 25.4 Å². The Bertz CT molecular complexity index is 468. The Morgan fingerprint density at radius 3 is 3.20 bits per heavy atom.